The molecular formula is C6H10N2. The van der Waals surface area contributed by atoms with Crippen LogP contribution in [0.15, 0.2) is 12.5 Å². The summed E-state index contributed by atoms with van der Waals surface area (Å²) in [4.78, 5) is 3.96. The van der Waals surface area contributed by atoms with E-state index >= 15 is 0 Å². The molecule has 0 saturated heterocycles. The van der Waals surface area contributed by atoms with Crippen LogP contribution in [0.1, 0.15) is 12.6 Å². The van der Waals surface area contributed by atoms with Crippen molar-refractivity contribution in [3.63, 3.8) is 0 Å². The van der Waals surface area contributed by atoms with Gasteiger partial charge in [-0.25, -0.2) is 4.98 Å². The highest BCUT2D eigenvalue weighted by molar-refractivity contribution is 4.95. The minimum Gasteiger partial charge on any atom is -0.338 e. The highest BCUT2D eigenvalue weighted by Crippen LogP contribution is 1.94. The van der Waals surface area contributed by atoms with Gasteiger partial charge in [0.25, 0.3) is 0 Å². The van der Waals surface area contributed by atoms with E-state index in [9.17, 15) is 0 Å². The first-order valence-corrected chi connectivity index (χ1v) is 2.79. The summed E-state index contributed by atoms with van der Waals surface area (Å²) in [6.07, 6.45) is 4.77. The molecule has 0 atom stereocenters. The van der Waals surface area contributed by atoms with Crippen LogP contribution in [0.4, 0.5) is 0 Å². The fourth-order valence-electron chi connectivity index (χ4n) is 0.725. The van der Waals surface area contributed by atoms with E-state index in [-0.39, 0.29) is 0 Å². The quantitative estimate of drug-likeness (QED) is 0.527. The lowest BCUT2D eigenvalue weighted by Gasteiger charge is -1.93. The van der Waals surface area contributed by atoms with Crippen molar-refractivity contribution in [3.05, 3.63) is 18.2 Å². The SMILES string of the molecule is CCc1cncn1C. The first-order valence-electron chi connectivity index (χ1n) is 2.79. The molecule has 0 bridgehead atoms. The fraction of sp³-hybridized carbons (Fsp3) is 0.500. The molecule has 0 aliphatic heterocycles. The Balaban J connectivity index is 2.92. The average Bonchev–Trinajstić information content (AvgIpc) is 2.14. The zero-order valence-corrected chi connectivity index (χ0v) is 5.26. The standard InChI is InChI=1S/C6H10N2/c1-3-6-4-7-5-8(6)2/h4-5H,3H2,1-2H3. The zero-order valence-electron chi connectivity index (χ0n) is 5.26. The van der Waals surface area contributed by atoms with E-state index in [1.54, 1.807) is 0 Å². The summed E-state index contributed by atoms with van der Waals surface area (Å²) in [7, 11) is 2.01. The van der Waals surface area contributed by atoms with Crippen LogP contribution in [0.2, 0.25) is 0 Å². The topological polar surface area (TPSA) is 17.8 Å². The van der Waals surface area contributed by atoms with Crippen molar-refractivity contribution in [1.82, 2.24) is 9.55 Å². The summed E-state index contributed by atoms with van der Waals surface area (Å²) in [5, 5.41) is 0. The molecular weight excluding hydrogens is 100 g/mol. The Kier molecular flexibility index (Phi) is 1.33. The van der Waals surface area contributed by atoms with Crippen LogP contribution in [0.3, 0.4) is 0 Å². The molecule has 0 N–H and O–H groups in total. The lowest BCUT2D eigenvalue weighted by Crippen LogP contribution is -1.90. The summed E-state index contributed by atoms with van der Waals surface area (Å²) < 4.78 is 2.03. The molecule has 0 fully saturated rings. The van der Waals surface area contributed by atoms with Crippen LogP contribution < -0.4 is 0 Å². The minimum absolute atomic E-state index is 1.07. The van der Waals surface area contributed by atoms with Gasteiger partial charge in [0.1, 0.15) is 0 Å². The molecule has 0 radical (unpaired) electrons. The molecule has 2 nitrogen and oxygen atoms in total. The zero-order chi connectivity index (χ0) is 5.98. The maximum absolute atomic E-state index is 3.96. The van der Waals surface area contributed by atoms with E-state index in [0.29, 0.717) is 0 Å². The predicted octanol–water partition coefficient (Wildman–Crippen LogP) is 0.982. The van der Waals surface area contributed by atoms with E-state index in [4.69, 9.17) is 0 Å². The second-order valence-electron chi connectivity index (χ2n) is 1.85. The molecule has 1 heterocycles. The molecule has 1 aromatic rings. The van der Waals surface area contributed by atoms with Crippen molar-refractivity contribution in [3.8, 4) is 0 Å². The Hall–Kier alpha value is -0.790. The largest absolute Gasteiger partial charge is 0.338 e. The summed E-state index contributed by atoms with van der Waals surface area (Å²) in [5.41, 5.74) is 1.28. The molecule has 0 amide bonds. The Morgan fingerprint density at radius 3 is 2.75 bits per heavy atom. The second kappa shape index (κ2) is 1.99. The monoisotopic (exact) mass is 110 g/mol. The van der Waals surface area contributed by atoms with Gasteiger partial charge in [-0.3, -0.25) is 0 Å². The number of rotatable bonds is 1. The summed E-state index contributed by atoms with van der Waals surface area (Å²) in [6, 6.07) is 0. The Morgan fingerprint density at radius 1 is 1.75 bits per heavy atom. The molecule has 1 aromatic heterocycles. The van der Waals surface area contributed by atoms with Crippen molar-refractivity contribution < 1.29 is 0 Å². The average molecular weight is 110 g/mol. The summed E-state index contributed by atoms with van der Waals surface area (Å²) in [5.74, 6) is 0. The number of imidazole rings is 1. The van der Waals surface area contributed by atoms with Gasteiger partial charge in [0.05, 0.1) is 6.33 Å². The van der Waals surface area contributed by atoms with Crippen LogP contribution >= 0.6 is 0 Å². The number of aromatic nitrogens is 2. The van der Waals surface area contributed by atoms with Gasteiger partial charge in [-0.2, -0.15) is 0 Å². The van der Waals surface area contributed by atoms with Crippen LogP contribution in [0.25, 0.3) is 0 Å². The number of hydrogen-bond donors (Lipinski definition) is 0. The van der Waals surface area contributed by atoms with Gasteiger partial charge in [-0.1, -0.05) is 6.92 Å². The predicted molar refractivity (Wildman–Crippen MR) is 32.6 cm³/mol. The van der Waals surface area contributed by atoms with Crippen molar-refractivity contribution in [2.75, 3.05) is 0 Å². The third-order valence-electron chi connectivity index (χ3n) is 1.28. The van der Waals surface area contributed by atoms with Crippen molar-refractivity contribution in [2.24, 2.45) is 7.05 Å². The molecule has 0 aliphatic carbocycles. The van der Waals surface area contributed by atoms with Gasteiger partial charge in [0.15, 0.2) is 0 Å². The van der Waals surface area contributed by atoms with E-state index < -0.39 is 0 Å². The van der Waals surface area contributed by atoms with Gasteiger partial charge in [0, 0.05) is 18.9 Å². The summed E-state index contributed by atoms with van der Waals surface area (Å²) in [6.45, 7) is 2.12. The molecule has 0 spiro atoms. The number of nitrogens with zero attached hydrogens (tertiary/aromatic N) is 2. The van der Waals surface area contributed by atoms with Gasteiger partial charge < -0.3 is 4.57 Å². The maximum atomic E-state index is 3.96. The van der Waals surface area contributed by atoms with Crippen LogP contribution in [-0.2, 0) is 13.5 Å². The molecule has 1 rings (SSSR count). The van der Waals surface area contributed by atoms with Gasteiger partial charge in [0.2, 0.25) is 0 Å². The Labute approximate surface area is 49.2 Å². The highest BCUT2D eigenvalue weighted by Gasteiger charge is 1.89. The lowest BCUT2D eigenvalue weighted by molar-refractivity contribution is 0.833. The van der Waals surface area contributed by atoms with E-state index in [2.05, 4.69) is 11.9 Å². The summed E-state index contributed by atoms with van der Waals surface area (Å²) >= 11 is 0. The molecule has 8 heavy (non-hydrogen) atoms. The minimum atomic E-state index is 1.07. The fourth-order valence-corrected chi connectivity index (χ4v) is 0.725. The highest BCUT2D eigenvalue weighted by atomic mass is 15.0. The lowest BCUT2D eigenvalue weighted by atomic mass is 10.4. The van der Waals surface area contributed by atoms with E-state index in [0.717, 1.165) is 6.42 Å². The Morgan fingerprint density at radius 2 is 2.50 bits per heavy atom. The molecule has 0 aromatic carbocycles. The smallest absolute Gasteiger partial charge is 0.0945 e. The molecule has 0 unspecified atom stereocenters. The number of hydrogen-bond acceptors (Lipinski definition) is 1. The van der Waals surface area contributed by atoms with Crippen molar-refractivity contribution >= 4 is 0 Å². The molecule has 0 aliphatic rings. The van der Waals surface area contributed by atoms with Gasteiger partial charge >= 0.3 is 0 Å². The van der Waals surface area contributed by atoms with Crippen molar-refractivity contribution in [1.29, 1.82) is 0 Å². The number of aryl methyl sites for hydroxylation is 2. The van der Waals surface area contributed by atoms with Crippen LogP contribution in [0, 0.1) is 0 Å². The normalized spacial score (nSPS) is 9.75. The first kappa shape index (κ1) is 5.35. The molecule has 44 valence electrons. The van der Waals surface area contributed by atoms with Gasteiger partial charge in [-0.05, 0) is 6.42 Å². The maximum Gasteiger partial charge on any atom is 0.0945 e. The van der Waals surface area contributed by atoms with E-state index in [1.165, 1.54) is 5.69 Å². The third-order valence-corrected chi connectivity index (χ3v) is 1.28. The van der Waals surface area contributed by atoms with Gasteiger partial charge in [-0.15, -0.1) is 0 Å². The van der Waals surface area contributed by atoms with E-state index in [1.807, 2.05) is 24.1 Å². The first-order chi connectivity index (χ1) is 3.84. The molecule has 0 saturated carbocycles. The second-order valence-corrected chi connectivity index (χ2v) is 1.85. The molecule has 2 heteroatoms. The van der Waals surface area contributed by atoms with Crippen LogP contribution in [-0.4, -0.2) is 9.55 Å². The third kappa shape index (κ3) is 0.735. The van der Waals surface area contributed by atoms with Crippen molar-refractivity contribution in [2.45, 2.75) is 13.3 Å². The Bertz CT molecular complexity index is 167. The van der Waals surface area contributed by atoms with Crippen LogP contribution in [0.5, 0.6) is 0 Å².